The van der Waals surface area contributed by atoms with E-state index >= 15 is 0 Å². The molecule has 1 aromatic rings. The van der Waals surface area contributed by atoms with Gasteiger partial charge < -0.3 is 4.74 Å². The molecule has 0 aromatic carbocycles. The highest BCUT2D eigenvalue weighted by Gasteiger charge is 2.23. The fraction of sp³-hybridized carbons (Fsp3) is 0.600. The Labute approximate surface area is 93.9 Å². The maximum atomic E-state index is 5.45. The van der Waals surface area contributed by atoms with Crippen LogP contribution in [0.25, 0.3) is 0 Å². The summed E-state index contributed by atoms with van der Waals surface area (Å²) in [5.74, 6) is 0.686. The van der Waals surface area contributed by atoms with Gasteiger partial charge in [0.25, 0.3) is 5.88 Å². The van der Waals surface area contributed by atoms with E-state index in [0.717, 1.165) is 18.7 Å². The van der Waals surface area contributed by atoms with E-state index < -0.39 is 0 Å². The second-order valence-corrected chi connectivity index (χ2v) is 4.06. The lowest BCUT2D eigenvalue weighted by Gasteiger charge is -2.26. The van der Waals surface area contributed by atoms with Gasteiger partial charge in [0, 0.05) is 6.54 Å². The lowest BCUT2D eigenvalue weighted by atomic mass is 10.1. The smallest absolute Gasteiger partial charge is 0.251 e. The molecule has 0 saturated carbocycles. The number of hydrogen-bond donors (Lipinski definition) is 0. The third-order valence-corrected chi connectivity index (χ3v) is 3.01. The molecular formula is C10H15N3OS. The topological polar surface area (TPSA) is 38.3 Å². The Morgan fingerprint density at radius 1 is 1.60 bits per heavy atom. The monoisotopic (exact) mass is 225 g/mol. The van der Waals surface area contributed by atoms with E-state index in [0.29, 0.717) is 12.5 Å². The molecule has 0 bridgehead atoms. The Hall–Kier alpha value is -0.940. The van der Waals surface area contributed by atoms with Gasteiger partial charge in [-0.15, -0.1) is 4.37 Å². The van der Waals surface area contributed by atoms with E-state index in [1.165, 1.54) is 11.7 Å². The summed E-state index contributed by atoms with van der Waals surface area (Å²) in [5.41, 5.74) is 0.945. The van der Waals surface area contributed by atoms with Crippen LogP contribution in [0.15, 0.2) is 12.2 Å². The van der Waals surface area contributed by atoms with Crippen molar-refractivity contribution < 1.29 is 4.74 Å². The zero-order valence-corrected chi connectivity index (χ0v) is 9.83. The molecular weight excluding hydrogens is 210 g/mol. The Kier molecular flexibility index (Phi) is 3.33. The van der Waals surface area contributed by atoms with Gasteiger partial charge in [0.15, 0.2) is 0 Å². The predicted molar refractivity (Wildman–Crippen MR) is 60.2 cm³/mol. The van der Waals surface area contributed by atoms with E-state index in [2.05, 4.69) is 32.8 Å². The summed E-state index contributed by atoms with van der Waals surface area (Å²) in [5, 5.41) is 0. The molecule has 1 aliphatic rings. The van der Waals surface area contributed by atoms with E-state index in [1.807, 2.05) is 6.92 Å². The van der Waals surface area contributed by atoms with Gasteiger partial charge in [-0.1, -0.05) is 12.2 Å². The molecule has 15 heavy (non-hydrogen) atoms. The minimum Gasteiger partial charge on any atom is -0.476 e. The van der Waals surface area contributed by atoms with Gasteiger partial charge in [0.2, 0.25) is 0 Å². The standard InChI is InChI=1S/C10H15N3OS/c1-3-14-10-9(11-15-12-10)8-6-4-5-7-13(8)2/h4,6,8H,3,5,7H2,1-2H3. The van der Waals surface area contributed by atoms with E-state index in [9.17, 15) is 0 Å². The van der Waals surface area contributed by atoms with Gasteiger partial charge in [0.05, 0.1) is 24.4 Å². The van der Waals surface area contributed by atoms with Crippen LogP contribution in [-0.2, 0) is 0 Å². The molecule has 2 rings (SSSR count). The van der Waals surface area contributed by atoms with Crippen molar-refractivity contribution in [2.75, 3.05) is 20.2 Å². The molecule has 0 spiro atoms. The number of ether oxygens (including phenoxy) is 1. The normalized spacial score (nSPS) is 21.9. The second-order valence-electron chi connectivity index (χ2n) is 3.53. The Bertz CT molecular complexity index is 350. The average Bonchev–Trinajstić information content (AvgIpc) is 2.67. The number of nitrogens with zero attached hydrogens (tertiary/aromatic N) is 3. The van der Waals surface area contributed by atoms with Crippen molar-refractivity contribution in [3.8, 4) is 5.88 Å². The second kappa shape index (κ2) is 4.72. The van der Waals surface area contributed by atoms with Gasteiger partial charge >= 0.3 is 0 Å². The van der Waals surface area contributed by atoms with Gasteiger partial charge in [-0.25, -0.2) is 0 Å². The number of hydrogen-bond acceptors (Lipinski definition) is 5. The molecule has 2 heterocycles. The van der Waals surface area contributed by atoms with Crippen LogP contribution in [0.4, 0.5) is 0 Å². The summed E-state index contributed by atoms with van der Waals surface area (Å²) in [6.07, 6.45) is 5.47. The summed E-state index contributed by atoms with van der Waals surface area (Å²) in [6.45, 7) is 3.66. The summed E-state index contributed by atoms with van der Waals surface area (Å²) in [7, 11) is 2.10. The molecule has 0 aliphatic carbocycles. The van der Waals surface area contributed by atoms with Gasteiger partial charge in [-0.3, -0.25) is 4.90 Å². The number of rotatable bonds is 3. The lowest BCUT2D eigenvalue weighted by Crippen LogP contribution is -2.27. The minimum atomic E-state index is 0.221. The molecule has 0 saturated heterocycles. The molecule has 0 amide bonds. The molecule has 0 N–H and O–H groups in total. The molecule has 0 radical (unpaired) electrons. The molecule has 4 nitrogen and oxygen atoms in total. The first-order chi connectivity index (χ1) is 7.33. The lowest BCUT2D eigenvalue weighted by molar-refractivity contribution is 0.260. The van der Waals surface area contributed by atoms with E-state index in [4.69, 9.17) is 4.74 Å². The highest BCUT2D eigenvalue weighted by atomic mass is 32.1. The molecule has 1 aromatic heterocycles. The summed E-state index contributed by atoms with van der Waals surface area (Å²) < 4.78 is 13.9. The van der Waals surface area contributed by atoms with Gasteiger partial charge in [-0.05, 0) is 20.4 Å². The fourth-order valence-corrected chi connectivity index (χ4v) is 2.23. The predicted octanol–water partition coefficient (Wildman–Crippen LogP) is 1.87. The van der Waals surface area contributed by atoms with Crippen LogP contribution in [0.3, 0.4) is 0 Å². The SMILES string of the molecule is CCOc1nsnc1C1C=CCCN1C. The third kappa shape index (κ3) is 2.18. The maximum Gasteiger partial charge on any atom is 0.251 e. The zero-order valence-electron chi connectivity index (χ0n) is 9.01. The van der Waals surface area contributed by atoms with Crippen molar-refractivity contribution in [2.45, 2.75) is 19.4 Å². The largest absolute Gasteiger partial charge is 0.476 e. The Morgan fingerprint density at radius 3 is 3.20 bits per heavy atom. The van der Waals surface area contributed by atoms with Crippen molar-refractivity contribution in [2.24, 2.45) is 0 Å². The molecule has 1 unspecified atom stereocenters. The van der Waals surface area contributed by atoms with Crippen molar-refractivity contribution >= 4 is 11.7 Å². The van der Waals surface area contributed by atoms with E-state index in [-0.39, 0.29) is 6.04 Å². The fourth-order valence-electron chi connectivity index (χ4n) is 1.69. The van der Waals surface area contributed by atoms with Crippen molar-refractivity contribution in [1.29, 1.82) is 0 Å². The minimum absolute atomic E-state index is 0.221. The first-order valence-corrected chi connectivity index (χ1v) is 5.88. The van der Waals surface area contributed by atoms with Gasteiger partial charge in [0.1, 0.15) is 5.69 Å². The molecule has 5 heteroatoms. The highest BCUT2D eigenvalue weighted by Crippen LogP contribution is 2.29. The molecule has 1 aliphatic heterocycles. The van der Waals surface area contributed by atoms with Crippen molar-refractivity contribution in [1.82, 2.24) is 13.6 Å². The third-order valence-electron chi connectivity index (χ3n) is 2.48. The van der Waals surface area contributed by atoms with Crippen LogP contribution in [0.1, 0.15) is 25.1 Å². The first-order valence-electron chi connectivity index (χ1n) is 5.15. The first kappa shape index (κ1) is 10.6. The Morgan fingerprint density at radius 2 is 2.47 bits per heavy atom. The molecule has 1 atom stereocenters. The van der Waals surface area contributed by atoms with Crippen LogP contribution in [0, 0.1) is 0 Å². The average molecular weight is 225 g/mol. The summed E-state index contributed by atoms with van der Waals surface area (Å²) >= 11 is 1.22. The van der Waals surface area contributed by atoms with Crippen molar-refractivity contribution in [3.63, 3.8) is 0 Å². The summed E-state index contributed by atoms with van der Waals surface area (Å²) in [6, 6.07) is 0.221. The summed E-state index contributed by atoms with van der Waals surface area (Å²) in [4.78, 5) is 2.26. The van der Waals surface area contributed by atoms with Crippen molar-refractivity contribution in [3.05, 3.63) is 17.8 Å². The number of aromatic nitrogens is 2. The van der Waals surface area contributed by atoms with Crippen LogP contribution in [-0.4, -0.2) is 33.8 Å². The Balaban J connectivity index is 2.23. The number of likely N-dealkylation sites (N-methyl/N-ethyl adjacent to an activating group) is 1. The zero-order chi connectivity index (χ0) is 10.7. The molecule has 0 fully saturated rings. The quantitative estimate of drug-likeness (QED) is 0.736. The van der Waals surface area contributed by atoms with Crippen LogP contribution in [0.2, 0.25) is 0 Å². The highest BCUT2D eigenvalue weighted by molar-refractivity contribution is 6.99. The van der Waals surface area contributed by atoms with Crippen LogP contribution < -0.4 is 4.74 Å². The molecule has 82 valence electrons. The van der Waals surface area contributed by atoms with E-state index in [1.54, 1.807) is 0 Å². The van der Waals surface area contributed by atoms with Gasteiger partial charge in [-0.2, -0.15) is 4.37 Å². The van der Waals surface area contributed by atoms with Crippen LogP contribution in [0.5, 0.6) is 5.88 Å². The van der Waals surface area contributed by atoms with Crippen LogP contribution >= 0.6 is 11.7 Å². The maximum absolute atomic E-state index is 5.45.